The Morgan fingerprint density at radius 1 is 0.766 bits per heavy atom. The number of thioether (sulfide) groups is 1. The lowest BCUT2D eigenvalue weighted by Gasteiger charge is -2.42. The van der Waals surface area contributed by atoms with Gasteiger partial charge in [-0.3, -0.25) is 14.2 Å². The molecule has 1 N–H and O–H groups in total. The summed E-state index contributed by atoms with van der Waals surface area (Å²) >= 11 is 1.49. The predicted molar refractivity (Wildman–Crippen MR) is 189 cm³/mol. The molecule has 0 aliphatic heterocycles. The van der Waals surface area contributed by atoms with Crippen LogP contribution < -0.4 is 11.1 Å². The van der Waals surface area contributed by atoms with Crippen LogP contribution in [0.3, 0.4) is 0 Å². The number of aromatic amines is 1. The fourth-order valence-electron chi connectivity index (χ4n) is 8.43. The Hall–Kier alpha value is -4.23. The van der Waals surface area contributed by atoms with Crippen LogP contribution in [0.15, 0.2) is 93.6 Å². The molecule has 6 nitrogen and oxygen atoms in total. The Labute approximate surface area is 279 Å². The molecule has 8 rings (SSSR count). The number of hydrogen-bond donors (Lipinski definition) is 1. The van der Waals surface area contributed by atoms with Crippen molar-refractivity contribution in [2.24, 2.45) is 0 Å². The van der Waals surface area contributed by atoms with Gasteiger partial charge in [-0.15, -0.1) is 0 Å². The second-order valence-electron chi connectivity index (χ2n) is 14.2. The highest BCUT2D eigenvalue weighted by Crippen LogP contribution is 2.49. The lowest BCUT2D eigenvalue weighted by Crippen LogP contribution is -2.43. The van der Waals surface area contributed by atoms with E-state index in [4.69, 9.17) is 9.97 Å². The van der Waals surface area contributed by atoms with Crippen LogP contribution in [0.25, 0.3) is 22.5 Å². The van der Waals surface area contributed by atoms with Crippen molar-refractivity contribution in [3.8, 4) is 22.5 Å². The molecule has 0 unspecified atom stereocenters. The fraction of sp³-hybridized carbons (Fsp3) is 0.350. The largest absolute Gasteiger partial charge is 0.310 e. The van der Waals surface area contributed by atoms with Crippen LogP contribution in [-0.4, -0.2) is 19.5 Å². The fourth-order valence-corrected chi connectivity index (χ4v) is 9.32. The minimum atomic E-state index is -0.323. The van der Waals surface area contributed by atoms with Crippen LogP contribution in [-0.2, 0) is 42.4 Å². The van der Waals surface area contributed by atoms with Crippen molar-refractivity contribution >= 4 is 11.8 Å². The summed E-state index contributed by atoms with van der Waals surface area (Å²) in [5.74, 6) is 0.992. The number of benzene rings is 3. The van der Waals surface area contributed by atoms with E-state index in [-0.39, 0.29) is 21.9 Å². The molecular weight excluding hydrogens is 601 g/mol. The third kappa shape index (κ3) is 5.29. The van der Waals surface area contributed by atoms with E-state index in [0.29, 0.717) is 23.3 Å². The van der Waals surface area contributed by atoms with Gasteiger partial charge in [0.15, 0.2) is 5.16 Å². The average molecular weight is 641 g/mol. The molecule has 2 aromatic heterocycles. The Morgan fingerprint density at radius 2 is 1.40 bits per heavy atom. The van der Waals surface area contributed by atoms with Gasteiger partial charge in [0.05, 0.1) is 22.7 Å². The van der Waals surface area contributed by atoms with E-state index in [0.717, 1.165) is 78.6 Å². The third-order valence-electron chi connectivity index (χ3n) is 10.6. The SMILES string of the molecule is CC1(C)Cc2ccccc2-c2nc(CSc3nc4c(c(=O)n3CCc3ccccc3)C3(CCCCC3)Cc3ccccc3-4)[nH]c(=O)c21. The molecule has 3 aliphatic rings. The van der Waals surface area contributed by atoms with Crippen molar-refractivity contribution < 1.29 is 0 Å². The predicted octanol–water partition coefficient (Wildman–Crippen LogP) is 7.79. The van der Waals surface area contributed by atoms with E-state index in [9.17, 15) is 9.59 Å². The summed E-state index contributed by atoms with van der Waals surface area (Å²) < 4.78 is 1.91. The molecule has 0 atom stereocenters. The standard InChI is InChI=1S/C40H40N4O2S/c1-39(2)23-27-15-7-9-17-29(27)34-32(39)36(45)42-31(41-34)25-47-38-43-35-30-18-10-8-16-28(30)24-40(20-11-4-12-21-40)33(35)37(46)44(38)22-19-26-13-5-3-6-14-26/h3,5-10,13-18H,4,11-12,19-25H2,1-2H3,(H,41,42,45). The van der Waals surface area contributed by atoms with Gasteiger partial charge in [-0.25, -0.2) is 9.97 Å². The topological polar surface area (TPSA) is 80.6 Å². The van der Waals surface area contributed by atoms with Crippen LogP contribution >= 0.6 is 11.8 Å². The van der Waals surface area contributed by atoms with Crippen molar-refractivity contribution in [3.63, 3.8) is 0 Å². The number of nitrogens with zero attached hydrogens (tertiary/aromatic N) is 3. The maximum atomic E-state index is 14.8. The van der Waals surface area contributed by atoms with Crippen LogP contribution in [0.1, 0.15) is 79.6 Å². The average Bonchev–Trinajstić information content (AvgIpc) is 3.07. The highest BCUT2D eigenvalue weighted by atomic mass is 32.2. The Morgan fingerprint density at radius 3 is 2.13 bits per heavy atom. The summed E-state index contributed by atoms with van der Waals surface area (Å²) in [4.78, 5) is 42.0. The Bertz CT molecular complexity index is 2110. The van der Waals surface area contributed by atoms with E-state index in [2.05, 4.69) is 73.4 Å². The Balaban J connectivity index is 1.23. The molecule has 3 aliphatic carbocycles. The van der Waals surface area contributed by atoms with Crippen LogP contribution in [0.4, 0.5) is 0 Å². The van der Waals surface area contributed by atoms with Gasteiger partial charge in [0.1, 0.15) is 5.82 Å². The summed E-state index contributed by atoms with van der Waals surface area (Å²) in [5.41, 5.74) is 8.57. The van der Waals surface area contributed by atoms with Gasteiger partial charge >= 0.3 is 0 Å². The van der Waals surface area contributed by atoms with Crippen LogP contribution in [0, 0.1) is 0 Å². The first-order valence-corrected chi connectivity index (χ1v) is 17.9. The summed E-state index contributed by atoms with van der Waals surface area (Å²) in [7, 11) is 0. The van der Waals surface area contributed by atoms with E-state index < -0.39 is 0 Å². The molecule has 0 radical (unpaired) electrons. The molecule has 47 heavy (non-hydrogen) atoms. The first-order chi connectivity index (χ1) is 22.8. The summed E-state index contributed by atoms with van der Waals surface area (Å²) in [6.45, 7) is 4.78. The van der Waals surface area contributed by atoms with Crippen molar-refractivity contribution in [2.75, 3.05) is 0 Å². The maximum Gasteiger partial charge on any atom is 0.258 e. The number of nitrogens with one attached hydrogen (secondary N) is 1. The number of aryl methyl sites for hydroxylation is 1. The maximum absolute atomic E-state index is 14.8. The van der Waals surface area contributed by atoms with Crippen molar-refractivity contribution in [3.05, 3.63) is 133 Å². The van der Waals surface area contributed by atoms with Crippen LogP contribution in [0.5, 0.6) is 0 Å². The number of aromatic nitrogens is 4. The molecule has 1 fully saturated rings. The molecule has 1 spiro atoms. The molecule has 5 aromatic rings. The molecule has 7 heteroatoms. The molecule has 0 amide bonds. The second kappa shape index (κ2) is 11.8. The van der Waals surface area contributed by atoms with E-state index in [1.54, 1.807) is 0 Å². The first-order valence-electron chi connectivity index (χ1n) is 17.0. The zero-order valence-electron chi connectivity index (χ0n) is 27.1. The molecule has 1 saturated carbocycles. The number of fused-ring (bicyclic) bond motifs is 7. The summed E-state index contributed by atoms with van der Waals surface area (Å²) in [6.07, 6.45) is 7.97. The molecule has 238 valence electrons. The Kier molecular flexibility index (Phi) is 7.55. The second-order valence-corrected chi connectivity index (χ2v) is 15.2. The first kappa shape index (κ1) is 30.1. The van der Waals surface area contributed by atoms with Gasteiger partial charge in [0.2, 0.25) is 0 Å². The molecule has 0 saturated heterocycles. The molecule has 3 aromatic carbocycles. The van der Waals surface area contributed by atoms with E-state index in [1.807, 2.05) is 28.8 Å². The zero-order valence-corrected chi connectivity index (χ0v) is 28.0. The highest BCUT2D eigenvalue weighted by Gasteiger charge is 2.43. The van der Waals surface area contributed by atoms with E-state index >= 15 is 0 Å². The normalized spacial score (nSPS) is 17.0. The minimum absolute atomic E-state index is 0.0851. The van der Waals surface area contributed by atoms with Crippen molar-refractivity contribution in [1.82, 2.24) is 19.5 Å². The van der Waals surface area contributed by atoms with Gasteiger partial charge in [0.25, 0.3) is 11.1 Å². The lowest BCUT2D eigenvalue weighted by atomic mass is 9.62. The van der Waals surface area contributed by atoms with E-state index in [1.165, 1.54) is 34.9 Å². The third-order valence-corrected chi connectivity index (χ3v) is 11.6. The van der Waals surface area contributed by atoms with Gasteiger partial charge in [-0.1, -0.05) is 124 Å². The molecular formula is C40H40N4O2S. The summed E-state index contributed by atoms with van der Waals surface area (Å²) in [5, 5.41) is 0.674. The monoisotopic (exact) mass is 640 g/mol. The highest BCUT2D eigenvalue weighted by molar-refractivity contribution is 7.98. The minimum Gasteiger partial charge on any atom is -0.310 e. The number of hydrogen-bond acceptors (Lipinski definition) is 5. The zero-order chi connectivity index (χ0) is 32.2. The quantitative estimate of drug-likeness (QED) is 0.151. The molecule has 0 bridgehead atoms. The summed E-state index contributed by atoms with van der Waals surface area (Å²) in [6, 6.07) is 27.1. The van der Waals surface area contributed by atoms with Crippen molar-refractivity contribution in [2.45, 2.75) is 93.5 Å². The van der Waals surface area contributed by atoms with Gasteiger partial charge < -0.3 is 4.98 Å². The number of rotatable bonds is 6. The van der Waals surface area contributed by atoms with Crippen LogP contribution in [0.2, 0.25) is 0 Å². The van der Waals surface area contributed by atoms with Gasteiger partial charge in [0, 0.05) is 34.1 Å². The van der Waals surface area contributed by atoms with Gasteiger partial charge in [-0.2, -0.15) is 0 Å². The van der Waals surface area contributed by atoms with Crippen molar-refractivity contribution in [1.29, 1.82) is 0 Å². The molecule has 2 heterocycles. The van der Waals surface area contributed by atoms with Gasteiger partial charge in [-0.05, 0) is 48.8 Å². The smallest absolute Gasteiger partial charge is 0.258 e. The number of H-pyrrole nitrogens is 1. The lowest BCUT2D eigenvalue weighted by molar-refractivity contribution is 0.282.